The maximum Gasteiger partial charge on any atom is 0.0968 e. The molecule has 19 heavy (non-hydrogen) atoms. The van der Waals surface area contributed by atoms with Crippen LogP contribution in [0.25, 0.3) is 0 Å². The lowest BCUT2D eigenvalue weighted by atomic mass is 9.91. The lowest BCUT2D eigenvalue weighted by molar-refractivity contribution is -0.0824. The Balaban J connectivity index is 1.59. The zero-order valence-corrected chi connectivity index (χ0v) is 12.1. The van der Waals surface area contributed by atoms with Crippen LogP contribution < -0.4 is 0 Å². The van der Waals surface area contributed by atoms with Crippen molar-refractivity contribution in [1.82, 2.24) is 9.88 Å². The molecule has 1 N–H and O–H groups in total. The van der Waals surface area contributed by atoms with Crippen LogP contribution in [0.4, 0.5) is 0 Å². The molecule has 0 saturated carbocycles. The molecule has 2 saturated heterocycles. The number of likely N-dealkylation sites (tertiary alicyclic amines) is 1. The van der Waals surface area contributed by atoms with Gasteiger partial charge in [0.15, 0.2) is 0 Å². The van der Waals surface area contributed by atoms with Crippen LogP contribution in [-0.2, 0) is 4.74 Å². The molecule has 1 aromatic rings. The number of rotatable bonds is 3. The Morgan fingerprint density at radius 1 is 1.47 bits per heavy atom. The predicted octanol–water partition coefficient (Wildman–Crippen LogP) is 1.86. The van der Waals surface area contributed by atoms with Gasteiger partial charge in [-0.25, -0.2) is 4.98 Å². The van der Waals surface area contributed by atoms with E-state index in [1.165, 1.54) is 17.8 Å². The molecule has 0 aliphatic carbocycles. The molecular formula is C14H22N2O2S. The number of hydrogen-bond donors (Lipinski definition) is 1. The van der Waals surface area contributed by atoms with Crippen molar-refractivity contribution in [1.29, 1.82) is 0 Å². The average molecular weight is 282 g/mol. The molecule has 5 heteroatoms. The van der Waals surface area contributed by atoms with E-state index >= 15 is 0 Å². The van der Waals surface area contributed by atoms with Crippen molar-refractivity contribution in [3.63, 3.8) is 0 Å². The van der Waals surface area contributed by atoms with E-state index in [0.717, 1.165) is 32.5 Å². The molecule has 2 fully saturated rings. The van der Waals surface area contributed by atoms with Crippen LogP contribution in [0.1, 0.15) is 36.6 Å². The van der Waals surface area contributed by atoms with E-state index in [-0.39, 0.29) is 0 Å². The molecule has 4 nitrogen and oxygen atoms in total. The van der Waals surface area contributed by atoms with E-state index in [4.69, 9.17) is 4.74 Å². The summed E-state index contributed by atoms with van der Waals surface area (Å²) in [6.45, 7) is 4.32. The number of ether oxygens (including phenoxy) is 1. The number of hydrogen-bond acceptors (Lipinski definition) is 5. The molecule has 0 spiro atoms. The number of nitrogens with zero attached hydrogens (tertiary/aromatic N) is 2. The maximum atomic E-state index is 10.6. The van der Waals surface area contributed by atoms with Gasteiger partial charge in [-0.05, 0) is 19.4 Å². The summed E-state index contributed by atoms with van der Waals surface area (Å²) in [6, 6.07) is 0. The highest BCUT2D eigenvalue weighted by molar-refractivity contribution is 7.09. The lowest BCUT2D eigenvalue weighted by Crippen LogP contribution is -2.49. The third kappa shape index (κ3) is 3.34. The Labute approximate surface area is 118 Å². The van der Waals surface area contributed by atoms with Crippen LogP contribution in [0.5, 0.6) is 0 Å². The number of thiazole rings is 1. The number of piperidine rings is 1. The topological polar surface area (TPSA) is 45.6 Å². The second kappa shape index (κ2) is 5.87. The minimum atomic E-state index is -0.539. The molecule has 0 unspecified atom stereocenters. The quantitative estimate of drug-likeness (QED) is 0.919. The van der Waals surface area contributed by atoms with Gasteiger partial charge in [-0.1, -0.05) is 0 Å². The summed E-state index contributed by atoms with van der Waals surface area (Å²) in [7, 11) is 0. The molecule has 0 amide bonds. The zero-order chi connectivity index (χ0) is 13.1. The third-order valence-corrected chi connectivity index (χ3v) is 5.19. The maximum absolute atomic E-state index is 10.6. The summed E-state index contributed by atoms with van der Waals surface area (Å²) < 4.78 is 5.35. The predicted molar refractivity (Wildman–Crippen MR) is 75.5 cm³/mol. The van der Waals surface area contributed by atoms with Gasteiger partial charge < -0.3 is 9.84 Å². The highest BCUT2D eigenvalue weighted by Gasteiger charge is 2.34. The van der Waals surface area contributed by atoms with Crippen molar-refractivity contribution in [2.45, 2.75) is 37.2 Å². The largest absolute Gasteiger partial charge is 0.388 e. The van der Waals surface area contributed by atoms with Crippen molar-refractivity contribution in [2.75, 3.05) is 32.8 Å². The van der Waals surface area contributed by atoms with Crippen molar-refractivity contribution < 1.29 is 9.84 Å². The fourth-order valence-corrected chi connectivity index (χ4v) is 3.93. The summed E-state index contributed by atoms with van der Waals surface area (Å²) in [6.07, 6.45) is 5.87. The minimum absolute atomic E-state index is 0.539. The van der Waals surface area contributed by atoms with Crippen molar-refractivity contribution in [2.24, 2.45) is 0 Å². The summed E-state index contributed by atoms with van der Waals surface area (Å²) in [5.41, 5.74) is -0.539. The van der Waals surface area contributed by atoms with E-state index < -0.39 is 5.60 Å². The highest BCUT2D eigenvalue weighted by atomic mass is 32.1. The Bertz CT molecular complexity index is 390. The molecule has 1 aromatic heterocycles. The number of aromatic nitrogens is 1. The van der Waals surface area contributed by atoms with Crippen molar-refractivity contribution >= 4 is 11.3 Å². The molecule has 0 aromatic carbocycles. The highest BCUT2D eigenvalue weighted by Crippen LogP contribution is 2.30. The summed E-state index contributed by atoms with van der Waals surface area (Å²) in [5.74, 6) is 0.553. The number of β-amino-alcohol motifs (C(OH)–C–C–N with tert-alkyl or cyclic N) is 1. The van der Waals surface area contributed by atoms with E-state index in [1.807, 2.05) is 6.20 Å². The molecule has 0 bridgehead atoms. The molecule has 1 atom stereocenters. The fraction of sp³-hybridized carbons (Fsp3) is 0.786. The summed E-state index contributed by atoms with van der Waals surface area (Å²) >= 11 is 1.76. The van der Waals surface area contributed by atoms with E-state index in [0.29, 0.717) is 19.1 Å². The minimum Gasteiger partial charge on any atom is -0.388 e. The fourth-order valence-electron chi connectivity index (χ4n) is 3.16. The molecule has 0 radical (unpaired) electrons. The molecule has 106 valence electrons. The second-order valence-electron chi connectivity index (χ2n) is 5.78. The molecule has 2 aliphatic heterocycles. The van der Waals surface area contributed by atoms with Crippen LogP contribution in [0.3, 0.4) is 0 Å². The molecule has 3 heterocycles. The van der Waals surface area contributed by atoms with Gasteiger partial charge in [-0.3, -0.25) is 4.90 Å². The SMILES string of the molecule is OC1(CN2CCC[C@@H](c3nccs3)C2)CCOCC1. The summed E-state index contributed by atoms with van der Waals surface area (Å²) in [4.78, 5) is 6.87. The van der Waals surface area contributed by atoms with Crippen LogP contribution >= 0.6 is 11.3 Å². The van der Waals surface area contributed by atoms with Gasteiger partial charge >= 0.3 is 0 Å². The van der Waals surface area contributed by atoms with E-state index in [9.17, 15) is 5.11 Å². The van der Waals surface area contributed by atoms with Crippen molar-refractivity contribution in [3.8, 4) is 0 Å². The first-order valence-electron chi connectivity index (χ1n) is 7.17. The van der Waals surface area contributed by atoms with Crippen LogP contribution in [-0.4, -0.2) is 53.4 Å². The van der Waals surface area contributed by atoms with Gasteiger partial charge in [-0.15, -0.1) is 11.3 Å². The Hall–Kier alpha value is -0.490. The van der Waals surface area contributed by atoms with Gasteiger partial charge in [0.2, 0.25) is 0 Å². The van der Waals surface area contributed by atoms with Crippen LogP contribution in [0.15, 0.2) is 11.6 Å². The Morgan fingerprint density at radius 3 is 3.05 bits per heavy atom. The van der Waals surface area contributed by atoms with Gasteiger partial charge in [0.25, 0.3) is 0 Å². The molecule has 2 aliphatic rings. The number of aliphatic hydroxyl groups is 1. The third-order valence-electron chi connectivity index (χ3n) is 4.25. The summed E-state index contributed by atoms with van der Waals surface area (Å²) in [5, 5.41) is 13.9. The van der Waals surface area contributed by atoms with Gasteiger partial charge in [0.1, 0.15) is 0 Å². The second-order valence-corrected chi connectivity index (χ2v) is 6.71. The molecular weight excluding hydrogens is 260 g/mol. The first-order valence-corrected chi connectivity index (χ1v) is 8.05. The van der Waals surface area contributed by atoms with Gasteiger partial charge in [0, 0.05) is 56.6 Å². The van der Waals surface area contributed by atoms with Gasteiger partial charge in [-0.2, -0.15) is 0 Å². The Morgan fingerprint density at radius 2 is 2.32 bits per heavy atom. The monoisotopic (exact) mass is 282 g/mol. The average Bonchev–Trinajstić information content (AvgIpc) is 2.93. The smallest absolute Gasteiger partial charge is 0.0968 e. The standard InChI is InChI=1S/C14H22N2O2S/c17-14(3-7-18-8-4-14)11-16-6-1-2-12(10-16)13-15-5-9-19-13/h5,9,12,17H,1-4,6-8,10-11H2/t12-/m1/s1. The zero-order valence-electron chi connectivity index (χ0n) is 11.3. The first kappa shape index (κ1) is 13.5. The Kier molecular flexibility index (Phi) is 4.17. The normalized spacial score (nSPS) is 28.4. The van der Waals surface area contributed by atoms with Crippen LogP contribution in [0.2, 0.25) is 0 Å². The lowest BCUT2D eigenvalue weighted by Gasteiger charge is -2.40. The first-order chi connectivity index (χ1) is 9.25. The van der Waals surface area contributed by atoms with E-state index in [2.05, 4.69) is 15.3 Å². The van der Waals surface area contributed by atoms with Crippen molar-refractivity contribution in [3.05, 3.63) is 16.6 Å². The van der Waals surface area contributed by atoms with E-state index in [1.54, 1.807) is 11.3 Å². The van der Waals surface area contributed by atoms with Gasteiger partial charge in [0.05, 0.1) is 10.6 Å². The molecule has 3 rings (SSSR count). The van der Waals surface area contributed by atoms with Crippen LogP contribution in [0, 0.1) is 0 Å².